The van der Waals surface area contributed by atoms with Crippen molar-refractivity contribution in [1.29, 1.82) is 0 Å². The number of hydrogen-bond acceptors (Lipinski definition) is 1. The summed E-state index contributed by atoms with van der Waals surface area (Å²) in [6.45, 7) is -5.03. The minimum absolute atomic E-state index is 0.0707. The monoisotopic (exact) mass is 139 g/mol. The molecule has 0 saturated heterocycles. The Bertz CT molecular complexity index is 98.5. The fourth-order valence-electron chi connectivity index (χ4n) is 0.325. The Hall–Kier alpha value is -0.445. The van der Waals surface area contributed by atoms with Gasteiger partial charge in [-0.2, -0.15) is 0 Å². The lowest BCUT2D eigenvalue weighted by atomic mass is 9.91. The smallest absolute Gasteiger partial charge is 0.445 e. The molecule has 5 heteroatoms. The second-order valence-electron chi connectivity index (χ2n) is 1.57. The normalized spacial score (nSPS) is 12.9. The molecule has 54 valence electrons. The minimum Gasteiger partial charge on any atom is -0.445 e. The molecular formula is C4H7BF3O-. The van der Waals surface area contributed by atoms with E-state index in [4.69, 9.17) is 5.11 Å². The van der Waals surface area contributed by atoms with Crippen LogP contribution in [0.3, 0.4) is 0 Å². The molecule has 1 N–H and O–H groups in total. The van der Waals surface area contributed by atoms with E-state index in [0.29, 0.717) is 0 Å². The van der Waals surface area contributed by atoms with Gasteiger partial charge in [-0.1, -0.05) is 0 Å². The van der Waals surface area contributed by atoms with Crippen LogP contribution in [0.4, 0.5) is 12.9 Å². The lowest BCUT2D eigenvalue weighted by molar-refractivity contribution is 0.302. The minimum atomic E-state index is -4.80. The summed E-state index contributed by atoms with van der Waals surface area (Å²) in [6.07, 6.45) is 0.987. The third-order valence-corrected chi connectivity index (χ3v) is 0.650. The van der Waals surface area contributed by atoms with E-state index in [0.717, 1.165) is 6.08 Å². The number of hydrogen-bond donors (Lipinski definition) is 1. The molecular weight excluding hydrogens is 132 g/mol. The topological polar surface area (TPSA) is 20.2 Å². The van der Waals surface area contributed by atoms with Gasteiger partial charge in [0.15, 0.2) is 0 Å². The Labute approximate surface area is 51.2 Å². The summed E-state index contributed by atoms with van der Waals surface area (Å²) in [5.74, 6) is 0.177. The van der Waals surface area contributed by atoms with Crippen molar-refractivity contribution in [1.82, 2.24) is 0 Å². The van der Waals surface area contributed by atoms with E-state index in [1.165, 1.54) is 0 Å². The fourth-order valence-corrected chi connectivity index (χ4v) is 0.325. The molecule has 0 aromatic heterocycles. The molecule has 1 nitrogen and oxygen atoms in total. The van der Waals surface area contributed by atoms with Crippen LogP contribution in [-0.2, 0) is 0 Å². The average Bonchev–Trinajstić information content (AvgIpc) is 1.63. The van der Waals surface area contributed by atoms with Gasteiger partial charge in [0.2, 0.25) is 0 Å². The molecule has 0 aliphatic rings. The fraction of sp³-hybridized carbons (Fsp3) is 0.500. The first-order valence-electron chi connectivity index (χ1n) is 2.55. The highest BCUT2D eigenvalue weighted by Crippen LogP contribution is 2.09. The van der Waals surface area contributed by atoms with Crippen molar-refractivity contribution in [2.45, 2.75) is 6.42 Å². The standard InChI is InChI=1S/C4H7BF3O/c6-5(7,8)3-1-2-4-9/h1,3,9H,2,4H2/q-1/b3-1+. The highest BCUT2D eigenvalue weighted by atomic mass is 19.4. The van der Waals surface area contributed by atoms with Gasteiger partial charge in [0.25, 0.3) is 0 Å². The summed E-state index contributed by atoms with van der Waals surface area (Å²) in [7, 11) is 0. The zero-order chi connectivity index (χ0) is 7.33. The predicted molar refractivity (Wildman–Crippen MR) is 29.9 cm³/mol. The van der Waals surface area contributed by atoms with Gasteiger partial charge in [0, 0.05) is 6.61 Å². The quantitative estimate of drug-likeness (QED) is 0.584. The third-order valence-electron chi connectivity index (χ3n) is 0.650. The van der Waals surface area contributed by atoms with Gasteiger partial charge in [-0.25, -0.2) is 0 Å². The Morgan fingerprint density at radius 2 is 1.89 bits per heavy atom. The van der Waals surface area contributed by atoms with E-state index in [2.05, 4.69) is 0 Å². The van der Waals surface area contributed by atoms with Crippen LogP contribution in [0.5, 0.6) is 0 Å². The number of halogens is 3. The zero-order valence-electron chi connectivity index (χ0n) is 4.73. The van der Waals surface area contributed by atoms with Crippen molar-refractivity contribution >= 4 is 6.98 Å². The second-order valence-corrected chi connectivity index (χ2v) is 1.57. The van der Waals surface area contributed by atoms with Gasteiger partial charge in [-0.05, 0) is 6.42 Å². The summed E-state index contributed by atoms with van der Waals surface area (Å²) >= 11 is 0. The van der Waals surface area contributed by atoms with Gasteiger partial charge in [-0.3, -0.25) is 0 Å². The van der Waals surface area contributed by atoms with Crippen LogP contribution in [-0.4, -0.2) is 18.7 Å². The van der Waals surface area contributed by atoms with Crippen molar-refractivity contribution < 1.29 is 18.1 Å². The SMILES string of the molecule is OCC/C=C/[B-](F)(F)F. The average molecular weight is 139 g/mol. The molecule has 0 atom stereocenters. The van der Waals surface area contributed by atoms with E-state index < -0.39 is 6.98 Å². The molecule has 0 heterocycles. The number of aliphatic hydroxyl groups excluding tert-OH is 1. The molecule has 0 amide bonds. The Kier molecular flexibility index (Phi) is 3.38. The lowest BCUT2D eigenvalue weighted by Gasteiger charge is -2.05. The van der Waals surface area contributed by atoms with Crippen molar-refractivity contribution in [2.75, 3.05) is 6.61 Å². The Morgan fingerprint density at radius 1 is 1.33 bits per heavy atom. The Morgan fingerprint density at radius 3 is 2.22 bits per heavy atom. The first-order chi connectivity index (χ1) is 4.06. The summed E-state index contributed by atoms with van der Waals surface area (Å²) in [5, 5.41) is 8.05. The molecule has 0 aliphatic heterocycles. The summed E-state index contributed by atoms with van der Waals surface area (Å²) in [6, 6.07) is 0. The molecule has 0 aliphatic carbocycles. The first kappa shape index (κ1) is 8.55. The van der Waals surface area contributed by atoms with E-state index in [1.807, 2.05) is 0 Å². The summed E-state index contributed by atoms with van der Waals surface area (Å²) in [5.41, 5.74) is 0. The van der Waals surface area contributed by atoms with E-state index in [-0.39, 0.29) is 19.0 Å². The molecule has 0 rings (SSSR count). The first-order valence-corrected chi connectivity index (χ1v) is 2.55. The van der Waals surface area contributed by atoms with Crippen LogP contribution in [0, 0.1) is 0 Å². The van der Waals surface area contributed by atoms with Crippen LogP contribution in [0.15, 0.2) is 12.1 Å². The molecule has 0 radical (unpaired) electrons. The van der Waals surface area contributed by atoms with Crippen LogP contribution < -0.4 is 0 Å². The molecule has 0 aromatic carbocycles. The van der Waals surface area contributed by atoms with Crippen LogP contribution in [0.1, 0.15) is 6.42 Å². The number of aliphatic hydroxyl groups is 1. The summed E-state index contributed by atoms with van der Waals surface area (Å²) < 4.78 is 33.8. The maximum Gasteiger partial charge on any atom is 0.502 e. The Balaban J connectivity index is 3.45. The van der Waals surface area contributed by atoms with Gasteiger partial charge in [0.1, 0.15) is 0 Å². The maximum absolute atomic E-state index is 11.3. The van der Waals surface area contributed by atoms with Crippen molar-refractivity contribution in [3.63, 3.8) is 0 Å². The van der Waals surface area contributed by atoms with Crippen molar-refractivity contribution in [3.05, 3.63) is 12.1 Å². The van der Waals surface area contributed by atoms with E-state index in [1.54, 1.807) is 0 Å². The highest BCUT2D eigenvalue weighted by Gasteiger charge is 2.16. The van der Waals surface area contributed by atoms with Crippen LogP contribution in [0.25, 0.3) is 0 Å². The van der Waals surface area contributed by atoms with Crippen molar-refractivity contribution in [3.8, 4) is 0 Å². The van der Waals surface area contributed by atoms with Crippen LogP contribution in [0.2, 0.25) is 0 Å². The van der Waals surface area contributed by atoms with Crippen molar-refractivity contribution in [2.24, 2.45) is 0 Å². The third kappa shape index (κ3) is 7.55. The molecule has 0 fully saturated rings. The molecule has 0 spiro atoms. The summed E-state index contributed by atoms with van der Waals surface area (Å²) in [4.78, 5) is 0. The lowest BCUT2D eigenvalue weighted by Crippen LogP contribution is -2.09. The molecule has 0 aromatic rings. The molecule has 9 heavy (non-hydrogen) atoms. The molecule has 0 unspecified atom stereocenters. The van der Waals surface area contributed by atoms with Gasteiger partial charge < -0.3 is 18.1 Å². The zero-order valence-corrected chi connectivity index (χ0v) is 4.73. The highest BCUT2D eigenvalue weighted by molar-refractivity contribution is 6.64. The molecule has 0 saturated carbocycles. The molecule has 0 bridgehead atoms. The van der Waals surface area contributed by atoms with E-state index in [9.17, 15) is 12.9 Å². The largest absolute Gasteiger partial charge is 0.502 e. The second kappa shape index (κ2) is 3.56. The number of rotatable bonds is 3. The van der Waals surface area contributed by atoms with Gasteiger partial charge in [-0.15, -0.1) is 12.1 Å². The predicted octanol–water partition coefficient (Wildman–Crippen LogP) is 1.31. The van der Waals surface area contributed by atoms with Gasteiger partial charge >= 0.3 is 6.98 Å². The maximum atomic E-state index is 11.3. The van der Waals surface area contributed by atoms with E-state index >= 15 is 0 Å². The van der Waals surface area contributed by atoms with Crippen LogP contribution >= 0.6 is 0 Å². The van der Waals surface area contributed by atoms with Gasteiger partial charge in [0.05, 0.1) is 0 Å².